The van der Waals surface area contributed by atoms with Crippen molar-refractivity contribution in [2.45, 2.75) is 0 Å². The van der Waals surface area contributed by atoms with E-state index in [2.05, 4.69) is 183 Å². The van der Waals surface area contributed by atoms with Gasteiger partial charge in [0.05, 0.1) is 33.4 Å². The Hall–Kier alpha value is -5.79. The molecule has 4 nitrogen and oxygen atoms in total. The molecule has 0 N–H and O–H groups in total. The predicted molar refractivity (Wildman–Crippen MR) is 210 cm³/mol. The summed E-state index contributed by atoms with van der Waals surface area (Å²) >= 11 is 2.44. The Morgan fingerprint density at radius 1 is 0.347 bits per heavy atom. The molecule has 0 unspecified atom stereocenters. The van der Waals surface area contributed by atoms with Gasteiger partial charge in [-0.25, -0.2) is 9.97 Å². The first-order chi connectivity index (χ1) is 24.2. The van der Waals surface area contributed by atoms with Gasteiger partial charge in [-0.3, -0.25) is 9.13 Å². The molecule has 0 radical (unpaired) electrons. The molecule has 9 aromatic rings. The first kappa shape index (κ1) is 29.4. The molecule has 0 aliphatic heterocycles. The molecule has 0 bridgehead atoms. The Morgan fingerprint density at radius 2 is 0.714 bits per heavy atom. The Labute approximate surface area is 298 Å². The number of hydrogen-bond acceptors (Lipinski definition) is 2. The monoisotopic (exact) mass is 740 g/mol. The number of hydrogen-bond donors (Lipinski definition) is 0. The number of imidazole rings is 2. The van der Waals surface area contributed by atoms with Gasteiger partial charge in [0.25, 0.3) is 0 Å². The van der Waals surface area contributed by atoms with Crippen molar-refractivity contribution in [2.24, 2.45) is 0 Å². The Morgan fingerprint density at radius 3 is 1.10 bits per heavy atom. The Balaban J connectivity index is 1.27. The van der Waals surface area contributed by atoms with Crippen LogP contribution in [0.4, 0.5) is 0 Å². The van der Waals surface area contributed by atoms with E-state index < -0.39 is 0 Å². The van der Waals surface area contributed by atoms with Crippen LogP contribution in [0.2, 0.25) is 0 Å². The van der Waals surface area contributed by atoms with Gasteiger partial charge in [0, 0.05) is 14.7 Å². The molecule has 232 valence electrons. The van der Waals surface area contributed by atoms with Crippen LogP contribution in [0.3, 0.4) is 0 Å². The zero-order chi connectivity index (χ0) is 32.7. The molecule has 2 aromatic heterocycles. The quantitative estimate of drug-likeness (QED) is 0.159. The van der Waals surface area contributed by atoms with E-state index in [4.69, 9.17) is 9.97 Å². The molecule has 0 saturated heterocycles. The third kappa shape index (κ3) is 5.42. The second kappa shape index (κ2) is 12.3. The maximum absolute atomic E-state index is 5.26. The average Bonchev–Trinajstić information content (AvgIpc) is 3.75. The summed E-state index contributed by atoms with van der Waals surface area (Å²) in [6.45, 7) is 0. The number of halogens is 1. The number of fused-ring (bicyclic) bond motifs is 2. The van der Waals surface area contributed by atoms with Crippen molar-refractivity contribution in [3.05, 3.63) is 179 Å². The van der Waals surface area contributed by atoms with Crippen molar-refractivity contribution in [1.82, 2.24) is 19.1 Å². The maximum atomic E-state index is 5.26. The van der Waals surface area contributed by atoms with Crippen molar-refractivity contribution in [3.63, 3.8) is 0 Å². The highest BCUT2D eigenvalue weighted by Crippen LogP contribution is 2.36. The van der Waals surface area contributed by atoms with Crippen LogP contribution in [-0.2, 0) is 0 Å². The molecule has 0 aliphatic carbocycles. The fourth-order valence-corrected chi connectivity index (χ4v) is 7.32. The number of benzene rings is 7. The standard InChI is InChI=1S/C44H29IN4/c45-36-27-37(48-41-23-21-34(30-13-5-1-6-14-30)25-39(41)46-43(48)32-17-9-3-10-18-32)29-38(28-36)49-42-24-22-35(31-15-7-2-8-16-31)26-40(42)47-44(49)33-19-11-4-12-20-33/h1-29H. The smallest absolute Gasteiger partial charge is 0.145 e. The molecular weight excluding hydrogens is 711 g/mol. The highest BCUT2D eigenvalue weighted by molar-refractivity contribution is 14.1. The summed E-state index contributed by atoms with van der Waals surface area (Å²) in [5.41, 5.74) is 12.9. The summed E-state index contributed by atoms with van der Waals surface area (Å²) in [6.07, 6.45) is 0. The molecule has 0 saturated carbocycles. The topological polar surface area (TPSA) is 35.6 Å². The van der Waals surface area contributed by atoms with E-state index >= 15 is 0 Å². The maximum Gasteiger partial charge on any atom is 0.145 e. The first-order valence-electron chi connectivity index (χ1n) is 16.3. The highest BCUT2D eigenvalue weighted by atomic mass is 127. The van der Waals surface area contributed by atoms with Crippen molar-refractivity contribution in [3.8, 4) is 56.4 Å². The van der Waals surface area contributed by atoms with Gasteiger partial charge in [-0.05, 0) is 87.3 Å². The molecule has 9 rings (SSSR count). The lowest BCUT2D eigenvalue weighted by Crippen LogP contribution is -2.03. The summed E-state index contributed by atoms with van der Waals surface area (Å²) in [6, 6.07) is 61.8. The Kier molecular flexibility index (Phi) is 7.39. The normalized spacial score (nSPS) is 11.4. The number of aromatic nitrogens is 4. The van der Waals surface area contributed by atoms with Gasteiger partial charge in [0.2, 0.25) is 0 Å². The van der Waals surface area contributed by atoms with Crippen LogP contribution in [0, 0.1) is 3.57 Å². The van der Waals surface area contributed by atoms with Crippen molar-refractivity contribution in [2.75, 3.05) is 0 Å². The van der Waals surface area contributed by atoms with E-state index in [9.17, 15) is 0 Å². The fraction of sp³-hybridized carbons (Fsp3) is 0. The van der Waals surface area contributed by atoms with Crippen LogP contribution >= 0.6 is 22.6 Å². The molecule has 0 amide bonds. The molecule has 0 spiro atoms. The van der Waals surface area contributed by atoms with Gasteiger partial charge in [0.1, 0.15) is 11.6 Å². The summed E-state index contributed by atoms with van der Waals surface area (Å²) in [5.74, 6) is 1.81. The molecule has 49 heavy (non-hydrogen) atoms. The van der Waals surface area contributed by atoms with E-state index in [1.807, 2.05) is 24.3 Å². The summed E-state index contributed by atoms with van der Waals surface area (Å²) < 4.78 is 5.70. The van der Waals surface area contributed by atoms with Gasteiger partial charge in [-0.1, -0.05) is 133 Å². The lowest BCUT2D eigenvalue weighted by Gasteiger charge is -2.15. The van der Waals surface area contributed by atoms with Gasteiger partial charge < -0.3 is 0 Å². The predicted octanol–water partition coefficient (Wildman–Crippen LogP) is 11.6. The molecule has 0 fully saturated rings. The van der Waals surface area contributed by atoms with Crippen molar-refractivity contribution >= 4 is 44.7 Å². The summed E-state index contributed by atoms with van der Waals surface area (Å²) in [4.78, 5) is 10.5. The minimum absolute atomic E-state index is 0.903. The van der Waals surface area contributed by atoms with Crippen molar-refractivity contribution in [1.29, 1.82) is 0 Å². The van der Waals surface area contributed by atoms with Gasteiger partial charge in [-0.2, -0.15) is 0 Å². The second-order valence-electron chi connectivity index (χ2n) is 12.1. The lowest BCUT2D eigenvalue weighted by molar-refractivity contribution is 1.06. The SMILES string of the molecule is Ic1cc(-n2c(-c3ccccc3)nc3cc(-c4ccccc4)ccc32)cc(-n2c(-c3ccccc3)nc3cc(-c4ccccc4)ccc32)c1. The minimum Gasteiger partial charge on any atom is -0.292 e. The summed E-state index contributed by atoms with van der Waals surface area (Å²) in [5, 5.41) is 0. The molecule has 0 atom stereocenters. The van der Waals surface area contributed by atoms with Gasteiger partial charge in [-0.15, -0.1) is 0 Å². The number of rotatable bonds is 6. The van der Waals surface area contributed by atoms with Crippen LogP contribution < -0.4 is 0 Å². The van der Waals surface area contributed by atoms with E-state index in [1.165, 1.54) is 11.1 Å². The van der Waals surface area contributed by atoms with E-state index in [1.54, 1.807) is 0 Å². The third-order valence-corrected chi connectivity index (χ3v) is 9.59. The Bertz CT molecular complexity index is 2410. The van der Waals surface area contributed by atoms with Crippen LogP contribution in [0.15, 0.2) is 176 Å². The van der Waals surface area contributed by atoms with Crippen LogP contribution in [0.1, 0.15) is 0 Å². The van der Waals surface area contributed by atoms with E-state index in [0.29, 0.717) is 0 Å². The summed E-state index contributed by atoms with van der Waals surface area (Å²) in [7, 11) is 0. The van der Waals surface area contributed by atoms with Crippen LogP contribution in [-0.4, -0.2) is 19.1 Å². The van der Waals surface area contributed by atoms with Crippen molar-refractivity contribution < 1.29 is 0 Å². The zero-order valence-corrected chi connectivity index (χ0v) is 28.6. The molecule has 5 heteroatoms. The molecule has 2 heterocycles. The molecular formula is C44H29IN4. The molecule has 7 aromatic carbocycles. The van der Waals surface area contributed by atoms with E-state index in [0.717, 1.165) is 70.9 Å². The van der Waals surface area contributed by atoms with Gasteiger partial charge >= 0.3 is 0 Å². The highest BCUT2D eigenvalue weighted by Gasteiger charge is 2.20. The lowest BCUT2D eigenvalue weighted by atomic mass is 10.1. The fourth-order valence-electron chi connectivity index (χ4n) is 6.68. The van der Waals surface area contributed by atoms with Crippen LogP contribution in [0.25, 0.3) is 78.5 Å². The second-order valence-corrected chi connectivity index (χ2v) is 13.3. The average molecular weight is 741 g/mol. The van der Waals surface area contributed by atoms with Crippen LogP contribution in [0.5, 0.6) is 0 Å². The molecule has 0 aliphatic rings. The minimum atomic E-state index is 0.903. The number of nitrogens with zero attached hydrogens (tertiary/aromatic N) is 4. The first-order valence-corrected chi connectivity index (χ1v) is 17.4. The van der Waals surface area contributed by atoms with Gasteiger partial charge in [0.15, 0.2) is 0 Å². The largest absolute Gasteiger partial charge is 0.292 e. The third-order valence-electron chi connectivity index (χ3n) is 8.97. The zero-order valence-electron chi connectivity index (χ0n) is 26.4. The van der Waals surface area contributed by atoms with E-state index in [-0.39, 0.29) is 0 Å².